The first kappa shape index (κ1) is 10.2. The lowest BCUT2D eigenvalue weighted by molar-refractivity contribution is -0.385. The molecule has 1 aromatic carbocycles. The first-order chi connectivity index (χ1) is 6.56. The molecule has 0 saturated heterocycles. The second-order valence-corrected chi connectivity index (χ2v) is 2.92. The van der Waals surface area contributed by atoms with Gasteiger partial charge >= 0.3 is 0 Å². The summed E-state index contributed by atoms with van der Waals surface area (Å²) >= 11 is 0. The summed E-state index contributed by atoms with van der Waals surface area (Å²) in [6.07, 6.45) is 0. The summed E-state index contributed by atoms with van der Waals surface area (Å²) in [4.78, 5) is 10.3. The summed E-state index contributed by atoms with van der Waals surface area (Å²) in [6.45, 7) is 5.41. The summed E-state index contributed by atoms with van der Waals surface area (Å²) in [6, 6.07) is 4.71. The van der Waals surface area contributed by atoms with Gasteiger partial charge in [-0.25, -0.2) is 0 Å². The Bertz CT molecular complexity index is 385. The van der Waals surface area contributed by atoms with Crippen LogP contribution in [-0.2, 0) is 0 Å². The Kier molecular flexibility index (Phi) is 2.86. The third kappa shape index (κ3) is 1.90. The fourth-order valence-electron chi connectivity index (χ4n) is 1.15. The van der Waals surface area contributed by atoms with Crippen LogP contribution in [0.4, 0.5) is 5.69 Å². The Labute approximate surface area is 82.0 Å². The lowest BCUT2D eigenvalue weighted by Crippen LogP contribution is -1.94. The molecule has 0 saturated carbocycles. The maximum absolute atomic E-state index is 10.7. The van der Waals surface area contributed by atoms with Crippen molar-refractivity contribution in [1.82, 2.24) is 0 Å². The number of nitro groups is 1. The molecule has 1 rings (SSSR count). The van der Waals surface area contributed by atoms with Gasteiger partial charge in [0.05, 0.1) is 23.7 Å². The maximum atomic E-state index is 10.7. The molecule has 0 radical (unpaired) electrons. The third-order valence-corrected chi connectivity index (χ3v) is 1.86. The number of benzene rings is 1. The van der Waals surface area contributed by atoms with Crippen LogP contribution in [0.15, 0.2) is 24.8 Å². The molecule has 74 valence electrons. The Balaban J connectivity index is 3.31. The van der Waals surface area contributed by atoms with Gasteiger partial charge in [-0.3, -0.25) is 10.1 Å². The van der Waals surface area contributed by atoms with Gasteiger partial charge in [-0.05, 0) is 24.6 Å². The first-order valence-corrected chi connectivity index (χ1v) is 4.04. The number of hydrogen-bond donors (Lipinski definition) is 0. The molecule has 0 aromatic heterocycles. The van der Waals surface area contributed by atoms with Crippen molar-refractivity contribution in [3.63, 3.8) is 0 Å². The molecular weight excluding hydrogens is 182 g/mol. The molecule has 0 atom stereocenters. The van der Waals surface area contributed by atoms with Gasteiger partial charge in [0, 0.05) is 0 Å². The van der Waals surface area contributed by atoms with E-state index in [0.717, 1.165) is 0 Å². The van der Waals surface area contributed by atoms with Crippen molar-refractivity contribution in [3.8, 4) is 5.75 Å². The molecule has 0 amide bonds. The van der Waals surface area contributed by atoms with E-state index in [1.54, 1.807) is 19.1 Å². The summed E-state index contributed by atoms with van der Waals surface area (Å²) in [7, 11) is 1.47. The van der Waals surface area contributed by atoms with Gasteiger partial charge in [0.15, 0.2) is 0 Å². The van der Waals surface area contributed by atoms with Crippen molar-refractivity contribution in [2.24, 2.45) is 0 Å². The van der Waals surface area contributed by atoms with Crippen LogP contribution in [0.25, 0.3) is 5.57 Å². The van der Waals surface area contributed by atoms with Gasteiger partial charge < -0.3 is 4.74 Å². The molecule has 14 heavy (non-hydrogen) atoms. The van der Waals surface area contributed by atoms with E-state index < -0.39 is 4.92 Å². The van der Waals surface area contributed by atoms with Crippen molar-refractivity contribution < 1.29 is 9.66 Å². The highest BCUT2D eigenvalue weighted by molar-refractivity contribution is 5.70. The number of methoxy groups -OCH3 is 1. The van der Waals surface area contributed by atoms with Gasteiger partial charge in [0.1, 0.15) is 5.75 Å². The largest absolute Gasteiger partial charge is 0.497 e. The van der Waals surface area contributed by atoms with E-state index in [4.69, 9.17) is 4.74 Å². The molecule has 0 bridgehead atoms. The van der Waals surface area contributed by atoms with Gasteiger partial charge in [0.25, 0.3) is 5.69 Å². The Morgan fingerprint density at radius 3 is 2.64 bits per heavy atom. The van der Waals surface area contributed by atoms with Crippen molar-refractivity contribution in [1.29, 1.82) is 0 Å². The quantitative estimate of drug-likeness (QED) is 0.547. The van der Waals surface area contributed by atoms with Crippen LogP contribution in [0, 0.1) is 10.1 Å². The molecule has 0 aliphatic carbocycles. The van der Waals surface area contributed by atoms with Crippen LogP contribution < -0.4 is 4.74 Å². The predicted molar refractivity (Wildman–Crippen MR) is 54.4 cm³/mol. The Morgan fingerprint density at radius 1 is 1.57 bits per heavy atom. The van der Waals surface area contributed by atoms with E-state index >= 15 is 0 Å². The SMILES string of the molecule is C=C(C)c1ccc(OC)cc1[N+](=O)[O-]. The lowest BCUT2D eigenvalue weighted by Gasteiger charge is -2.04. The van der Waals surface area contributed by atoms with Crippen LogP contribution in [0.5, 0.6) is 5.75 Å². The van der Waals surface area contributed by atoms with Crippen molar-refractivity contribution in [2.75, 3.05) is 7.11 Å². The molecule has 4 nitrogen and oxygen atoms in total. The van der Waals surface area contributed by atoms with Crippen LogP contribution >= 0.6 is 0 Å². The van der Waals surface area contributed by atoms with E-state index in [1.807, 2.05) is 0 Å². The number of ether oxygens (including phenoxy) is 1. The van der Waals surface area contributed by atoms with Crippen LogP contribution in [0.3, 0.4) is 0 Å². The molecule has 0 spiro atoms. The van der Waals surface area contributed by atoms with Crippen molar-refractivity contribution >= 4 is 11.3 Å². The summed E-state index contributed by atoms with van der Waals surface area (Å²) < 4.78 is 4.91. The highest BCUT2D eigenvalue weighted by Gasteiger charge is 2.14. The molecular formula is C10H11NO3. The normalized spacial score (nSPS) is 9.57. The molecule has 0 N–H and O–H groups in total. The lowest BCUT2D eigenvalue weighted by atomic mass is 10.1. The predicted octanol–water partition coefficient (Wildman–Crippen LogP) is 2.64. The molecule has 1 aromatic rings. The number of hydrogen-bond acceptors (Lipinski definition) is 3. The van der Waals surface area contributed by atoms with Gasteiger partial charge in [-0.1, -0.05) is 6.58 Å². The zero-order chi connectivity index (χ0) is 10.7. The minimum Gasteiger partial charge on any atom is -0.497 e. The van der Waals surface area contributed by atoms with Crippen LogP contribution in [0.1, 0.15) is 12.5 Å². The zero-order valence-corrected chi connectivity index (χ0v) is 8.11. The van der Waals surface area contributed by atoms with Crippen molar-refractivity contribution in [2.45, 2.75) is 6.92 Å². The molecule has 0 aliphatic rings. The molecule has 0 fully saturated rings. The minimum atomic E-state index is -0.438. The summed E-state index contributed by atoms with van der Waals surface area (Å²) in [5, 5.41) is 10.7. The molecule has 0 aliphatic heterocycles. The van der Waals surface area contributed by atoms with E-state index in [-0.39, 0.29) is 5.69 Å². The van der Waals surface area contributed by atoms with Gasteiger partial charge in [-0.15, -0.1) is 0 Å². The Hall–Kier alpha value is -1.84. The smallest absolute Gasteiger partial charge is 0.280 e. The van der Waals surface area contributed by atoms with Gasteiger partial charge in [0.2, 0.25) is 0 Å². The topological polar surface area (TPSA) is 52.4 Å². The molecule has 0 heterocycles. The maximum Gasteiger partial charge on any atom is 0.280 e. The number of nitrogens with zero attached hydrogens (tertiary/aromatic N) is 1. The first-order valence-electron chi connectivity index (χ1n) is 4.04. The second-order valence-electron chi connectivity index (χ2n) is 2.92. The average Bonchev–Trinajstić information content (AvgIpc) is 2.16. The molecule has 4 heteroatoms. The average molecular weight is 193 g/mol. The van der Waals surface area contributed by atoms with Crippen LogP contribution in [-0.4, -0.2) is 12.0 Å². The van der Waals surface area contributed by atoms with E-state index in [2.05, 4.69) is 6.58 Å². The minimum absolute atomic E-state index is 0.0249. The summed E-state index contributed by atoms with van der Waals surface area (Å²) in [5.41, 5.74) is 1.23. The highest BCUT2D eigenvalue weighted by Crippen LogP contribution is 2.28. The van der Waals surface area contributed by atoms with Crippen LogP contribution in [0.2, 0.25) is 0 Å². The number of nitro benzene ring substituents is 1. The number of rotatable bonds is 3. The monoisotopic (exact) mass is 193 g/mol. The second kappa shape index (κ2) is 3.91. The zero-order valence-electron chi connectivity index (χ0n) is 8.11. The van der Waals surface area contributed by atoms with E-state index in [0.29, 0.717) is 16.9 Å². The summed E-state index contributed by atoms with van der Waals surface area (Å²) in [5.74, 6) is 0.474. The Morgan fingerprint density at radius 2 is 2.21 bits per heavy atom. The standard InChI is InChI=1S/C10H11NO3/c1-7(2)9-5-4-8(14-3)6-10(9)11(12)13/h4-6H,1H2,2-3H3. The fraction of sp³-hybridized carbons (Fsp3) is 0.200. The number of allylic oxidation sites excluding steroid dienone is 1. The van der Waals surface area contributed by atoms with Gasteiger partial charge in [-0.2, -0.15) is 0 Å². The fourth-order valence-corrected chi connectivity index (χ4v) is 1.15. The van der Waals surface area contributed by atoms with Crippen molar-refractivity contribution in [3.05, 3.63) is 40.5 Å². The van der Waals surface area contributed by atoms with E-state index in [1.165, 1.54) is 13.2 Å². The molecule has 0 unspecified atom stereocenters. The highest BCUT2D eigenvalue weighted by atomic mass is 16.6. The third-order valence-electron chi connectivity index (χ3n) is 1.86. The van der Waals surface area contributed by atoms with E-state index in [9.17, 15) is 10.1 Å².